The van der Waals surface area contributed by atoms with Crippen LogP contribution in [0, 0.1) is 0 Å². The lowest BCUT2D eigenvalue weighted by atomic mass is 9.85. The predicted molar refractivity (Wildman–Crippen MR) is 112 cm³/mol. The molecule has 0 aliphatic carbocycles. The monoisotopic (exact) mass is 415 g/mol. The number of carbonyl (C=O) groups is 1. The van der Waals surface area contributed by atoms with Gasteiger partial charge in [0, 0.05) is 29.9 Å². The van der Waals surface area contributed by atoms with Gasteiger partial charge in [-0.25, -0.2) is 0 Å². The van der Waals surface area contributed by atoms with E-state index in [2.05, 4.69) is 4.98 Å². The number of esters is 1. The van der Waals surface area contributed by atoms with E-state index < -0.39 is 11.9 Å². The zero-order valence-electron chi connectivity index (χ0n) is 16.5. The molecule has 0 bridgehead atoms. The van der Waals surface area contributed by atoms with Crippen molar-refractivity contribution in [2.45, 2.75) is 12.3 Å². The molecule has 0 unspecified atom stereocenters. The average Bonchev–Trinajstić information content (AvgIpc) is 2.79. The third kappa shape index (κ3) is 3.11. The summed E-state index contributed by atoms with van der Waals surface area (Å²) in [4.78, 5) is 29.7. The van der Waals surface area contributed by atoms with Crippen molar-refractivity contribution >= 4 is 16.9 Å². The summed E-state index contributed by atoms with van der Waals surface area (Å²) < 4.78 is 16.4. The summed E-state index contributed by atoms with van der Waals surface area (Å²) in [5.74, 6) is -0.319. The molecular weight excluding hydrogens is 398 g/mol. The number of phenolic OH excluding ortho intramolecular Hbond substituents is 1. The minimum Gasteiger partial charge on any atom is -0.507 e. The zero-order valence-corrected chi connectivity index (χ0v) is 16.5. The molecule has 4 aromatic rings. The summed E-state index contributed by atoms with van der Waals surface area (Å²) in [7, 11) is 1.56. The van der Waals surface area contributed by atoms with E-state index in [-0.39, 0.29) is 34.3 Å². The number of fused-ring (bicyclic) bond motifs is 3. The van der Waals surface area contributed by atoms with Gasteiger partial charge in [0.05, 0.1) is 19.1 Å². The lowest BCUT2D eigenvalue weighted by molar-refractivity contribution is -0.135. The van der Waals surface area contributed by atoms with Gasteiger partial charge in [-0.3, -0.25) is 14.6 Å². The fourth-order valence-corrected chi connectivity index (χ4v) is 3.97. The summed E-state index contributed by atoms with van der Waals surface area (Å²) >= 11 is 0. The first-order chi connectivity index (χ1) is 15.1. The molecule has 5 rings (SSSR count). The molecule has 0 fully saturated rings. The summed E-state index contributed by atoms with van der Waals surface area (Å²) in [6, 6.07) is 11.9. The maximum atomic E-state index is 13.3. The molecule has 1 aliphatic rings. The van der Waals surface area contributed by atoms with Gasteiger partial charge in [0.25, 0.3) is 0 Å². The largest absolute Gasteiger partial charge is 0.507 e. The highest BCUT2D eigenvalue weighted by Gasteiger charge is 2.33. The van der Waals surface area contributed by atoms with Gasteiger partial charge < -0.3 is 19.0 Å². The highest BCUT2D eigenvalue weighted by Crippen LogP contribution is 2.45. The molecule has 1 atom stereocenters. The number of hydrogen-bond donors (Lipinski definition) is 1. The van der Waals surface area contributed by atoms with Crippen LogP contribution in [-0.4, -0.2) is 23.2 Å². The number of hydrogen-bond acceptors (Lipinski definition) is 7. The maximum absolute atomic E-state index is 13.3. The van der Waals surface area contributed by atoms with Gasteiger partial charge in [-0.1, -0.05) is 18.2 Å². The van der Waals surface area contributed by atoms with Crippen LogP contribution in [0.3, 0.4) is 0 Å². The first-order valence-corrected chi connectivity index (χ1v) is 9.63. The Kier molecular flexibility index (Phi) is 4.43. The molecule has 0 saturated carbocycles. The number of rotatable bonds is 3. The van der Waals surface area contributed by atoms with Crippen LogP contribution in [0.4, 0.5) is 0 Å². The van der Waals surface area contributed by atoms with Crippen LogP contribution >= 0.6 is 0 Å². The number of benzene rings is 2. The second kappa shape index (κ2) is 7.28. The number of ether oxygens (including phenoxy) is 2. The van der Waals surface area contributed by atoms with E-state index in [4.69, 9.17) is 13.9 Å². The van der Waals surface area contributed by atoms with Crippen molar-refractivity contribution in [3.05, 3.63) is 82.5 Å². The van der Waals surface area contributed by atoms with Crippen LogP contribution in [0.5, 0.6) is 17.2 Å². The number of methoxy groups -OCH3 is 1. The fourth-order valence-electron chi connectivity index (χ4n) is 3.97. The van der Waals surface area contributed by atoms with E-state index in [1.165, 1.54) is 12.3 Å². The van der Waals surface area contributed by atoms with Crippen molar-refractivity contribution in [3.8, 4) is 28.4 Å². The van der Waals surface area contributed by atoms with Gasteiger partial charge in [0.1, 0.15) is 34.5 Å². The topological polar surface area (TPSA) is 98.9 Å². The van der Waals surface area contributed by atoms with E-state index in [1.807, 2.05) is 6.07 Å². The van der Waals surface area contributed by atoms with Crippen LogP contribution in [-0.2, 0) is 4.79 Å². The molecule has 7 heteroatoms. The Morgan fingerprint density at radius 3 is 2.68 bits per heavy atom. The standard InChI is InChI=1S/C24H17NO6/c1-29-15-6-4-13(5-7-15)17-12-30-24-21-16(14-3-2-8-25-11-14)9-20(27)31-19(21)10-18(26)22(24)23(17)28/h2-8,10-12,16,26H,9H2,1H3/t16-/m0/s1. The SMILES string of the molecule is COc1ccc(-c2coc3c4c(cc(O)c3c2=O)OC(=O)C[C@H]4c2cccnc2)cc1. The molecule has 2 aromatic carbocycles. The van der Waals surface area contributed by atoms with Crippen molar-refractivity contribution in [1.29, 1.82) is 0 Å². The van der Waals surface area contributed by atoms with E-state index in [0.717, 1.165) is 5.56 Å². The van der Waals surface area contributed by atoms with Gasteiger partial charge in [-0.05, 0) is 29.3 Å². The van der Waals surface area contributed by atoms with E-state index in [9.17, 15) is 14.7 Å². The molecule has 0 saturated heterocycles. The molecule has 2 aromatic heterocycles. The molecule has 1 N–H and O–H groups in total. The molecule has 7 nitrogen and oxygen atoms in total. The van der Waals surface area contributed by atoms with Gasteiger partial charge >= 0.3 is 5.97 Å². The van der Waals surface area contributed by atoms with E-state index >= 15 is 0 Å². The Morgan fingerprint density at radius 1 is 1.16 bits per heavy atom. The number of phenols is 1. The van der Waals surface area contributed by atoms with Crippen LogP contribution in [0.2, 0.25) is 0 Å². The Bertz CT molecular complexity index is 1360. The third-order valence-electron chi connectivity index (χ3n) is 5.46. The molecule has 154 valence electrons. The first-order valence-electron chi connectivity index (χ1n) is 9.63. The molecule has 0 spiro atoms. The van der Waals surface area contributed by atoms with E-state index in [1.54, 1.807) is 49.8 Å². The van der Waals surface area contributed by atoms with Crippen molar-refractivity contribution in [2.75, 3.05) is 7.11 Å². The normalized spacial score (nSPS) is 15.4. The number of carbonyl (C=O) groups excluding carboxylic acids is 1. The molecule has 1 aliphatic heterocycles. The highest BCUT2D eigenvalue weighted by atomic mass is 16.5. The molecule has 3 heterocycles. The fraction of sp³-hybridized carbons (Fsp3) is 0.125. The van der Waals surface area contributed by atoms with Gasteiger partial charge in [0.2, 0.25) is 5.43 Å². The Hall–Kier alpha value is -4.13. The Morgan fingerprint density at radius 2 is 1.97 bits per heavy atom. The Balaban J connectivity index is 1.75. The quantitative estimate of drug-likeness (QED) is 0.399. The van der Waals surface area contributed by atoms with Crippen molar-refractivity contribution in [1.82, 2.24) is 4.98 Å². The summed E-state index contributed by atoms with van der Waals surface area (Å²) in [5, 5.41) is 10.7. The van der Waals surface area contributed by atoms with Crippen molar-refractivity contribution in [3.63, 3.8) is 0 Å². The summed E-state index contributed by atoms with van der Waals surface area (Å²) in [6.07, 6.45) is 4.74. The minimum atomic E-state index is -0.433. The van der Waals surface area contributed by atoms with Crippen LogP contribution in [0.25, 0.3) is 22.1 Å². The number of pyridine rings is 1. The van der Waals surface area contributed by atoms with Crippen LogP contribution in [0.15, 0.2) is 70.3 Å². The van der Waals surface area contributed by atoms with Crippen molar-refractivity contribution < 1.29 is 23.8 Å². The Labute approximate surface area is 176 Å². The zero-order chi connectivity index (χ0) is 21.5. The average molecular weight is 415 g/mol. The second-order valence-corrected chi connectivity index (χ2v) is 7.24. The summed E-state index contributed by atoms with van der Waals surface area (Å²) in [5.41, 5.74) is 2.07. The lowest BCUT2D eigenvalue weighted by Crippen LogP contribution is -2.22. The van der Waals surface area contributed by atoms with Crippen molar-refractivity contribution in [2.24, 2.45) is 0 Å². The molecule has 31 heavy (non-hydrogen) atoms. The van der Waals surface area contributed by atoms with Gasteiger partial charge in [0.15, 0.2) is 0 Å². The third-order valence-corrected chi connectivity index (χ3v) is 5.46. The second-order valence-electron chi connectivity index (χ2n) is 7.24. The predicted octanol–water partition coefficient (Wildman–Crippen LogP) is 4.01. The number of aromatic hydroxyl groups is 1. The number of aromatic nitrogens is 1. The first kappa shape index (κ1) is 18.9. The maximum Gasteiger partial charge on any atom is 0.312 e. The number of nitrogens with zero attached hydrogens (tertiary/aromatic N) is 1. The molecular formula is C24H17NO6. The van der Waals surface area contributed by atoms with E-state index in [0.29, 0.717) is 22.4 Å². The molecule has 0 amide bonds. The summed E-state index contributed by atoms with van der Waals surface area (Å²) in [6.45, 7) is 0. The smallest absolute Gasteiger partial charge is 0.312 e. The van der Waals surface area contributed by atoms with Crippen LogP contribution in [0.1, 0.15) is 23.5 Å². The van der Waals surface area contributed by atoms with Crippen LogP contribution < -0.4 is 14.9 Å². The minimum absolute atomic E-state index is 0.0407. The van der Waals surface area contributed by atoms with Gasteiger partial charge in [-0.2, -0.15) is 0 Å². The molecule has 0 radical (unpaired) electrons. The van der Waals surface area contributed by atoms with Gasteiger partial charge in [-0.15, -0.1) is 0 Å². The lowest BCUT2D eigenvalue weighted by Gasteiger charge is -2.25. The highest BCUT2D eigenvalue weighted by molar-refractivity contribution is 5.94.